The van der Waals surface area contributed by atoms with Crippen LogP contribution in [0.1, 0.15) is 0 Å². The Balaban J connectivity index is 2.52. The minimum Gasteiger partial charge on any atom is -0.496 e. The van der Waals surface area contributed by atoms with Gasteiger partial charge in [0.25, 0.3) is 0 Å². The third-order valence-corrected chi connectivity index (χ3v) is 2.34. The van der Waals surface area contributed by atoms with E-state index in [4.69, 9.17) is 4.74 Å². The van der Waals surface area contributed by atoms with E-state index in [0.29, 0.717) is 5.75 Å². The van der Waals surface area contributed by atoms with Gasteiger partial charge in [0.15, 0.2) is 6.20 Å². The van der Waals surface area contributed by atoms with E-state index in [9.17, 15) is 10.1 Å². The van der Waals surface area contributed by atoms with Crippen molar-refractivity contribution in [1.82, 2.24) is 4.98 Å². The van der Waals surface area contributed by atoms with E-state index >= 15 is 0 Å². The lowest BCUT2D eigenvalue weighted by Gasteiger charge is -2.06. The van der Waals surface area contributed by atoms with Gasteiger partial charge < -0.3 is 14.9 Å². The van der Waals surface area contributed by atoms with E-state index in [1.54, 1.807) is 0 Å². The lowest BCUT2D eigenvalue weighted by atomic mass is 10.1. The maximum atomic E-state index is 10.6. The average Bonchev–Trinajstić information content (AvgIpc) is 2.39. The highest BCUT2D eigenvalue weighted by molar-refractivity contribution is 5.70. The van der Waals surface area contributed by atoms with Gasteiger partial charge in [0, 0.05) is 0 Å². The first kappa shape index (κ1) is 11.1. The molecule has 0 fully saturated rings. The monoisotopic (exact) mass is 230 g/mol. The van der Waals surface area contributed by atoms with Crippen molar-refractivity contribution in [3.05, 3.63) is 52.7 Å². The number of nitrogens with zero attached hydrogens (tertiary/aromatic N) is 2. The van der Waals surface area contributed by atoms with Gasteiger partial charge in [-0.1, -0.05) is 30.3 Å². The third-order valence-electron chi connectivity index (χ3n) is 2.34. The van der Waals surface area contributed by atoms with E-state index < -0.39 is 4.92 Å². The Bertz CT molecular complexity index is 541. The zero-order chi connectivity index (χ0) is 12.3. The fraction of sp³-hybridized carbons (Fsp3) is 0.0833. The first-order valence-electron chi connectivity index (χ1n) is 4.96. The van der Waals surface area contributed by atoms with Crippen LogP contribution in [0.2, 0.25) is 0 Å². The van der Waals surface area contributed by atoms with Crippen molar-refractivity contribution in [3.8, 4) is 16.9 Å². The number of benzene rings is 1. The number of pyridine rings is 1. The summed E-state index contributed by atoms with van der Waals surface area (Å²) in [5.41, 5.74) is 1.64. The molecule has 2 aromatic rings. The molecular weight excluding hydrogens is 220 g/mol. The lowest BCUT2D eigenvalue weighted by molar-refractivity contribution is -0.389. The third kappa shape index (κ3) is 2.23. The number of ether oxygens (including phenoxy) is 1. The molecule has 0 radical (unpaired) electrons. The molecule has 1 heterocycles. The minimum atomic E-state index is -0.544. The molecule has 0 aliphatic rings. The summed E-state index contributed by atoms with van der Waals surface area (Å²) < 4.78 is 5.15. The SMILES string of the molecule is COc1cc([N+](=O)[O-])ncc1-c1ccccc1. The molecule has 0 atom stereocenters. The Hall–Kier alpha value is -2.43. The smallest absolute Gasteiger partial charge is 0.367 e. The number of aromatic nitrogens is 1. The van der Waals surface area contributed by atoms with Gasteiger partial charge in [-0.05, 0) is 15.5 Å². The van der Waals surface area contributed by atoms with Gasteiger partial charge in [-0.15, -0.1) is 0 Å². The fourth-order valence-corrected chi connectivity index (χ4v) is 1.53. The second-order valence-electron chi connectivity index (χ2n) is 3.37. The molecule has 0 saturated heterocycles. The Labute approximate surface area is 97.8 Å². The molecule has 1 aromatic heterocycles. The van der Waals surface area contributed by atoms with Gasteiger partial charge in [0.2, 0.25) is 0 Å². The summed E-state index contributed by atoms with van der Waals surface area (Å²) in [4.78, 5) is 13.8. The van der Waals surface area contributed by atoms with Crippen LogP contribution in [0.5, 0.6) is 5.75 Å². The predicted molar refractivity (Wildman–Crippen MR) is 62.9 cm³/mol. The summed E-state index contributed by atoms with van der Waals surface area (Å²) in [7, 11) is 1.48. The summed E-state index contributed by atoms with van der Waals surface area (Å²) in [5.74, 6) is 0.222. The predicted octanol–water partition coefficient (Wildman–Crippen LogP) is 2.67. The van der Waals surface area contributed by atoms with Gasteiger partial charge >= 0.3 is 5.82 Å². The molecule has 0 spiro atoms. The second kappa shape index (κ2) is 4.61. The molecule has 0 aliphatic carbocycles. The first-order valence-corrected chi connectivity index (χ1v) is 4.96. The molecule has 2 rings (SSSR count). The van der Waals surface area contributed by atoms with Crippen LogP contribution in [0.25, 0.3) is 11.1 Å². The van der Waals surface area contributed by atoms with Gasteiger partial charge in [-0.2, -0.15) is 0 Å². The van der Waals surface area contributed by atoms with Crippen molar-refractivity contribution in [1.29, 1.82) is 0 Å². The van der Waals surface area contributed by atoms with Crippen LogP contribution in [0.15, 0.2) is 42.6 Å². The van der Waals surface area contributed by atoms with E-state index in [1.807, 2.05) is 30.3 Å². The molecule has 0 aliphatic heterocycles. The molecule has 5 heteroatoms. The maximum Gasteiger partial charge on any atom is 0.367 e. The van der Waals surface area contributed by atoms with Crippen LogP contribution in [0, 0.1) is 10.1 Å². The Morgan fingerprint density at radius 3 is 2.59 bits per heavy atom. The van der Waals surface area contributed by atoms with Crippen molar-refractivity contribution in [2.24, 2.45) is 0 Å². The standard InChI is InChI=1S/C12H10N2O3/c1-17-11-7-12(14(15)16)13-8-10(11)9-5-3-2-4-6-9/h2-8H,1H3. The van der Waals surface area contributed by atoms with Crippen LogP contribution in [0.4, 0.5) is 5.82 Å². The number of hydrogen-bond acceptors (Lipinski definition) is 4. The van der Waals surface area contributed by atoms with E-state index in [2.05, 4.69) is 4.98 Å². The summed E-state index contributed by atoms with van der Waals surface area (Å²) in [6, 6.07) is 10.8. The van der Waals surface area contributed by atoms with Crippen molar-refractivity contribution in [2.45, 2.75) is 0 Å². The number of rotatable bonds is 3. The normalized spacial score (nSPS) is 9.94. The fourth-order valence-electron chi connectivity index (χ4n) is 1.53. The summed E-state index contributed by atoms with van der Waals surface area (Å²) in [5, 5.41) is 10.6. The van der Waals surface area contributed by atoms with Crippen molar-refractivity contribution in [2.75, 3.05) is 7.11 Å². The highest BCUT2D eigenvalue weighted by Gasteiger charge is 2.14. The van der Waals surface area contributed by atoms with E-state index in [-0.39, 0.29) is 5.82 Å². The highest BCUT2D eigenvalue weighted by atomic mass is 16.6. The number of nitro groups is 1. The lowest BCUT2D eigenvalue weighted by Crippen LogP contribution is -1.95. The zero-order valence-corrected chi connectivity index (χ0v) is 9.16. The molecule has 0 unspecified atom stereocenters. The summed E-state index contributed by atoms with van der Waals surface area (Å²) in [6.45, 7) is 0. The average molecular weight is 230 g/mol. The Morgan fingerprint density at radius 2 is 2.00 bits per heavy atom. The van der Waals surface area contributed by atoms with Crippen molar-refractivity contribution >= 4 is 5.82 Å². The minimum absolute atomic E-state index is 0.221. The molecule has 0 amide bonds. The van der Waals surface area contributed by atoms with Crippen LogP contribution in [0.3, 0.4) is 0 Å². The maximum absolute atomic E-state index is 10.6. The van der Waals surface area contributed by atoms with Gasteiger partial charge in [-0.3, -0.25) is 0 Å². The summed E-state index contributed by atoms with van der Waals surface area (Å²) >= 11 is 0. The first-order chi connectivity index (χ1) is 8.22. The number of methoxy groups -OCH3 is 1. The van der Waals surface area contributed by atoms with Gasteiger partial charge in [0.1, 0.15) is 5.75 Å². The molecule has 86 valence electrons. The largest absolute Gasteiger partial charge is 0.496 e. The quantitative estimate of drug-likeness (QED) is 0.600. The van der Waals surface area contributed by atoms with Gasteiger partial charge in [-0.25, -0.2) is 0 Å². The topological polar surface area (TPSA) is 65.3 Å². The molecule has 0 saturated carbocycles. The molecule has 0 bridgehead atoms. The van der Waals surface area contributed by atoms with Crippen LogP contribution in [-0.2, 0) is 0 Å². The zero-order valence-electron chi connectivity index (χ0n) is 9.16. The Kier molecular flexibility index (Phi) is 3.00. The molecule has 0 N–H and O–H groups in total. The van der Waals surface area contributed by atoms with Crippen LogP contribution < -0.4 is 4.74 Å². The second-order valence-corrected chi connectivity index (χ2v) is 3.37. The molecule has 5 nitrogen and oxygen atoms in total. The molecule has 1 aromatic carbocycles. The highest BCUT2D eigenvalue weighted by Crippen LogP contribution is 2.31. The van der Waals surface area contributed by atoms with Gasteiger partial charge in [0.05, 0.1) is 18.7 Å². The Morgan fingerprint density at radius 1 is 1.29 bits per heavy atom. The molecule has 17 heavy (non-hydrogen) atoms. The van der Waals surface area contributed by atoms with Crippen molar-refractivity contribution < 1.29 is 9.66 Å². The van der Waals surface area contributed by atoms with Crippen LogP contribution in [-0.4, -0.2) is 17.0 Å². The summed E-state index contributed by atoms with van der Waals surface area (Å²) in [6.07, 6.45) is 1.45. The van der Waals surface area contributed by atoms with Crippen LogP contribution >= 0.6 is 0 Å². The van der Waals surface area contributed by atoms with Crippen molar-refractivity contribution in [3.63, 3.8) is 0 Å². The molecular formula is C12H10N2O3. The van der Waals surface area contributed by atoms with E-state index in [0.717, 1.165) is 11.1 Å². The van der Waals surface area contributed by atoms with E-state index in [1.165, 1.54) is 19.4 Å². The number of hydrogen-bond donors (Lipinski definition) is 0.